The number of rotatable bonds is 5. The quantitative estimate of drug-likeness (QED) is 0.369. The number of amides is 2. The van der Waals surface area contributed by atoms with Gasteiger partial charge in [0.05, 0.1) is 24.2 Å². The van der Waals surface area contributed by atoms with Gasteiger partial charge in [0.2, 0.25) is 0 Å². The number of pyridine rings is 1. The Labute approximate surface area is 185 Å². The van der Waals surface area contributed by atoms with Gasteiger partial charge in [0.25, 0.3) is 0 Å². The van der Waals surface area contributed by atoms with Crippen LogP contribution in [0.25, 0.3) is 32.9 Å². The van der Waals surface area contributed by atoms with Crippen molar-refractivity contribution in [3.63, 3.8) is 0 Å². The molecule has 4 aromatic rings. The van der Waals surface area contributed by atoms with E-state index in [1.807, 2.05) is 66.7 Å². The average molecular weight is 429 g/mol. The van der Waals surface area contributed by atoms with Gasteiger partial charge in [0, 0.05) is 27.7 Å². The van der Waals surface area contributed by atoms with Crippen molar-refractivity contribution in [3.8, 4) is 11.1 Å². The molecular formula is C25H23N3O4. The van der Waals surface area contributed by atoms with Gasteiger partial charge in [-0.1, -0.05) is 42.5 Å². The molecule has 32 heavy (non-hydrogen) atoms. The zero-order chi connectivity index (χ0) is 22.5. The summed E-state index contributed by atoms with van der Waals surface area (Å²) in [7, 11) is 0. The summed E-state index contributed by atoms with van der Waals surface area (Å²) in [5.41, 5.74) is 4.65. The number of benzene rings is 3. The monoisotopic (exact) mass is 429 g/mol. The Hall–Kier alpha value is -4.13. The van der Waals surface area contributed by atoms with Crippen molar-refractivity contribution in [3.05, 3.63) is 66.7 Å². The molecule has 0 atom stereocenters. The van der Waals surface area contributed by atoms with Crippen molar-refractivity contribution < 1.29 is 19.1 Å². The smallest absolute Gasteiger partial charge is 0.411 e. The van der Waals surface area contributed by atoms with Crippen LogP contribution in [0.4, 0.5) is 21.0 Å². The van der Waals surface area contributed by atoms with Gasteiger partial charge in [0.15, 0.2) is 0 Å². The molecule has 3 aromatic carbocycles. The number of carbonyl (C=O) groups is 2. The molecular weight excluding hydrogens is 406 g/mol. The van der Waals surface area contributed by atoms with E-state index in [-0.39, 0.29) is 13.2 Å². The van der Waals surface area contributed by atoms with E-state index in [1.165, 1.54) is 0 Å². The summed E-state index contributed by atoms with van der Waals surface area (Å²) >= 11 is 0. The molecule has 2 amide bonds. The maximum Gasteiger partial charge on any atom is 0.411 e. The third kappa shape index (κ3) is 4.46. The molecule has 0 aliphatic rings. The molecule has 0 aliphatic carbocycles. The summed E-state index contributed by atoms with van der Waals surface area (Å²) < 4.78 is 9.94. The summed E-state index contributed by atoms with van der Waals surface area (Å²) in [5, 5.41) is 7.33. The third-order valence-corrected chi connectivity index (χ3v) is 4.88. The maximum atomic E-state index is 11.8. The Morgan fingerprint density at radius 3 is 1.72 bits per heavy atom. The van der Waals surface area contributed by atoms with Crippen molar-refractivity contribution in [1.82, 2.24) is 4.98 Å². The normalized spacial score (nSPS) is 10.7. The summed E-state index contributed by atoms with van der Waals surface area (Å²) in [6.07, 6.45) is -1.03. The zero-order valence-corrected chi connectivity index (χ0v) is 17.8. The number of hydrogen-bond donors (Lipinski definition) is 2. The van der Waals surface area contributed by atoms with E-state index in [4.69, 9.17) is 14.5 Å². The van der Waals surface area contributed by atoms with Crippen LogP contribution < -0.4 is 10.6 Å². The van der Waals surface area contributed by atoms with Gasteiger partial charge < -0.3 is 9.47 Å². The maximum absolute atomic E-state index is 11.8. The summed E-state index contributed by atoms with van der Waals surface area (Å²) in [6, 6.07) is 21.2. The van der Waals surface area contributed by atoms with Gasteiger partial charge in [-0.3, -0.25) is 10.6 Å². The van der Waals surface area contributed by atoms with Gasteiger partial charge in [-0.2, -0.15) is 0 Å². The number of anilines is 2. The highest BCUT2D eigenvalue weighted by Crippen LogP contribution is 2.36. The van der Waals surface area contributed by atoms with Crippen molar-refractivity contribution in [2.24, 2.45) is 0 Å². The van der Waals surface area contributed by atoms with E-state index >= 15 is 0 Å². The first-order valence-electron chi connectivity index (χ1n) is 10.4. The van der Waals surface area contributed by atoms with Crippen LogP contribution in [-0.4, -0.2) is 30.4 Å². The van der Waals surface area contributed by atoms with Gasteiger partial charge in [-0.15, -0.1) is 0 Å². The fourth-order valence-corrected chi connectivity index (χ4v) is 3.59. The highest BCUT2D eigenvalue weighted by atomic mass is 16.6. The van der Waals surface area contributed by atoms with Crippen LogP contribution in [0, 0.1) is 0 Å². The summed E-state index contributed by atoms with van der Waals surface area (Å²) in [4.78, 5) is 28.5. The number of aromatic nitrogens is 1. The van der Waals surface area contributed by atoms with E-state index < -0.39 is 12.2 Å². The van der Waals surface area contributed by atoms with Crippen molar-refractivity contribution in [2.75, 3.05) is 23.8 Å². The van der Waals surface area contributed by atoms with E-state index in [1.54, 1.807) is 13.8 Å². The second kappa shape index (κ2) is 9.34. The molecule has 0 radical (unpaired) electrons. The number of carbonyl (C=O) groups excluding carboxylic acids is 2. The topological polar surface area (TPSA) is 89.6 Å². The van der Waals surface area contributed by atoms with E-state index in [2.05, 4.69) is 10.6 Å². The molecule has 4 rings (SSSR count). The van der Waals surface area contributed by atoms with E-state index in [0.717, 1.165) is 21.9 Å². The molecule has 7 nitrogen and oxygen atoms in total. The van der Waals surface area contributed by atoms with Crippen LogP contribution in [0.2, 0.25) is 0 Å². The number of fused-ring (bicyclic) bond motifs is 2. The first kappa shape index (κ1) is 21.1. The Morgan fingerprint density at radius 2 is 1.25 bits per heavy atom. The van der Waals surface area contributed by atoms with Crippen LogP contribution in [0.3, 0.4) is 0 Å². The van der Waals surface area contributed by atoms with Crippen molar-refractivity contribution in [2.45, 2.75) is 13.8 Å². The molecule has 0 bridgehead atoms. The SMILES string of the molecule is CCOC(=O)Nc1ccc2c(-c3ccccc3)c3ccc(NC(=O)OCC)cc3nc2c1. The van der Waals surface area contributed by atoms with E-state index in [0.29, 0.717) is 22.4 Å². The fourth-order valence-electron chi connectivity index (χ4n) is 3.59. The Kier molecular flexibility index (Phi) is 6.17. The Bertz CT molecular complexity index is 1210. The second-order valence-corrected chi connectivity index (χ2v) is 7.01. The largest absolute Gasteiger partial charge is 0.450 e. The highest BCUT2D eigenvalue weighted by Gasteiger charge is 2.14. The van der Waals surface area contributed by atoms with Crippen molar-refractivity contribution >= 4 is 45.4 Å². The molecule has 1 aromatic heterocycles. The molecule has 0 saturated carbocycles. The Balaban J connectivity index is 1.87. The van der Waals surface area contributed by atoms with Crippen LogP contribution in [0.1, 0.15) is 13.8 Å². The van der Waals surface area contributed by atoms with Gasteiger partial charge in [-0.05, 0) is 43.7 Å². The Morgan fingerprint density at radius 1 is 0.750 bits per heavy atom. The summed E-state index contributed by atoms with van der Waals surface area (Å²) in [6.45, 7) is 4.08. The minimum atomic E-state index is -0.517. The number of hydrogen-bond acceptors (Lipinski definition) is 5. The predicted molar refractivity (Wildman–Crippen MR) is 126 cm³/mol. The molecule has 1 heterocycles. The minimum absolute atomic E-state index is 0.288. The molecule has 2 N–H and O–H groups in total. The van der Waals surface area contributed by atoms with Gasteiger partial charge in [0.1, 0.15) is 0 Å². The lowest BCUT2D eigenvalue weighted by Crippen LogP contribution is -2.13. The van der Waals surface area contributed by atoms with Crippen LogP contribution in [0.15, 0.2) is 66.7 Å². The van der Waals surface area contributed by atoms with Gasteiger partial charge >= 0.3 is 12.2 Å². The van der Waals surface area contributed by atoms with Crippen LogP contribution in [0.5, 0.6) is 0 Å². The minimum Gasteiger partial charge on any atom is -0.450 e. The fraction of sp³-hybridized carbons (Fsp3) is 0.160. The number of ether oxygens (including phenoxy) is 2. The lowest BCUT2D eigenvalue weighted by Gasteiger charge is -2.14. The number of nitrogens with one attached hydrogen (secondary N) is 2. The van der Waals surface area contributed by atoms with Crippen LogP contribution in [-0.2, 0) is 9.47 Å². The molecule has 0 spiro atoms. The third-order valence-electron chi connectivity index (χ3n) is 4.88. The lowest BCUT2D eigenvalue weighted by atomic mass is 9.96. The second-order valence-electron chi connectivity index (χ2n) is 7.01. The lowest BCUT2D eigenvalue weighted by molar-refractivity contribution is 0.167. The predicted octanol–water partition coefficient (Wildman–Crippen LogP) is 6.19. The standard InChI is InChI=1S/C25H23N3O4/c1-3-31-24(29)26-17-10-12-19-21(14-17)28-22-15-18(27-25(30)32-4-2)11-13-20(22)23(19)16-8-6-5-7-9-16/h5-15H,3-4H2,1-2H3,(H,26,29)(H,27,30). The van der Waals surface area contributed by atoms with Crippen LogP contribution >= 0.6 is 0 Å². The van der Waals surface area contributed by atoms with E-state index in [9.17, 15) is 9.59 Å². The molecule has 0 unspecified atom stereocenters. The number of nitrogens with zero attached hydrogens (tertiary/aromatic N) is 1. The molecule has 162 valence electrons. The highest BCUT2D eigenvalue weighted by molar-refractivity contribution is 6.11. The zero-order valence-electron chi connectivity index (χ0n) is 17.8. The molecule has 0 aliphatic heterocycles. The molecule has 7 heteroatoms. The molecule has 0 fully saturated rings. The average Bonchev–Trinajstić information content (AvgIpc) is 2.78. The first-order valence-corrected chi connectivity index (χ1v) is 10.4. The molecule has 0 saturated heterocycles. The first-order chi connectivity index (χ1) is 15.6. The van der Waals surface area contributed by atoms with Crippen molar-refractivity contribution in [1.29, 1.82) is 0 Å². The van der Waals surface area contributed by atoms with Gasteiger partial charge in [-0.25, -0.2) is 14.6 Å². The summed E-state index contributed by atoms with van der Waals surface area (Å²) in [5.74, 6) is 0.